The van der Waals surface area contributed by atoms with E-state index in [0.717, 1.165) is 22.4 Å². The molecular weight excluding hydrogens is 380 g/mol. The van der Waals surface area contributed by atoms with Crippen molar-refractivity contribution in [3.63, 3.8) is 0 Å². The number of benzene rings is 1. The summed E-state index contributed by atoms with van der Waals surface area (Å²) in [6.07, 6.45) is 6.52. The van der Waals surface area contributed by atoms with E-state index in [2.05, 4.69) is 26.1 Å². The molecule has 4 rings (SSSR count). The van der Waals surface area contributed by atoms with Crippen LogP contribution in [0.25, 0.3) is 33.9 Å². The molecule has 0 amide bonds. The Kier molecular flexibility index (Phi) is 5.24. The summed E-state index contributed by atoms with van der Waals surface area (Å²) >= 11 is 0. The number of nitrogens with two attached hydrogens (primary N) is 1. The Bertz CT molecular complexity index is 1250. The predicted octanol–water partition coefficient (Wildman–Crippen LogP) is 2.48. The maximum Gasteiger partial charge on any atom is 0.146 e. The Labute approximate surface area is 172 Å². The first-order valence-electron chi connectivity index (χ1n) is 9.41. The van der Waals surface area contributed by atoms with Gasteiger partial charge in [0.2, 0.25) is 0 Å². The van der Waals surface area contributed by atoms with E-state index in [1.165, 1.54) is 23.7 Å². The molecule has 0 aliphatic rings. The van der Waals surface area contributed by atoms with Crippen molar-refractivity contribution in [3.05, 3.63) is 54.5 Å². The van der Waals surface area contributed by atoms with E-state index in [-0.39, 0.29) is 6.61 Å². The zero-order valence-corrected chi connectivity index (χ0v) is 16.4. The van der Waals surface area contributed by atoms with Gasteiger partial charge in [-0.3, -0.25) is 0 Å². The van der Waals surface area contributed by atoms with Gasteiger partial charge < -0.3 is 15.4 Å². The number of allylic oxidation sites excluding steroid dienone is 1. The highest BCUT2D eigenvalue weighted by Gasteiger charge is 2.21. The lowest BCUT2D eigenvalue weighted by Gasteiger charge is -2.09. The second-order valence-electron chi connectivity index (χ2n) is 6.79. The molecule has 0 saturated carbocycles. The zero-order valence-electron chi connectivity index (χ0n) is 16.4. The Hall–Kier alpha value is -4.03. The van der Waals surface area contributed by atoms with Crippen molar-refractivity contribution in [1.29, 1.82) is 5.26 Å². The summed E-state index contributed by atoms with van der Waals surface area (Å²) in [6.45, 7) is 2.54. The number of hydrogen-bond acceptors (Lipinski definition) is 7. The van der Waals surface area contributed by atoms with Crippen LogP contribution in [-0.2, 0) is 6.54 Å². The Balaban J connectivity index is 2.08. The van der Waals surface area contributed by atoms with Gasteiger partial charge in [0.15, 0.2) is 0 Å². The minimum absolute atomic E-state index is 0.0252. The lowest BCUT2D eigenvalue weighted by atomic mass is 10.0. The molecule has 0 aliphatic heterocycles. The molecule has 3 aromatic heterocycles. The van der Waals surface area contributed by atoms with Gasteiger partial charge in [-0.2, -0.15) is 10.4 Å². The lowest BCUT2D eigenvalue weighted by molar-refractivity contribution is 0.280. The monoisotopic (exact) mass is 400 g/mol. The van der Waals surface area contributed by atoms with Crippen LogP contribution in [0.2, 0.25) is 0 Å². The molecule has 3 heterocycles. The molecule has 0 radical (unpaired) electrons. The first-order valence-corrected chi connectivity index (χ1v) is 9.41. The van der Waals surface area contributed by atoms with Crippen molar-refractivity contribution in [1.82, 2.24) is 29.3 Å². The Morgan fingerprint density at radius 3 is 2.70 bits per heavy atom. The van der Waals surface area contributed by atoms with Gasteiger partial charge in [0, 0.05) is 18.7 Å². The highest BCUT2D eigenvalue weighted by molar-refractivity contribution is 6.05. The van der Waals surface area contributed by atoms with Crippen LogP contribution in [0.1, 0.15) is 17.7 Å². The molecule has 30 heavy (non-hydrogen) atoms. The molecule has 0 aliphatic carbocycles. The SMILES string of the molecule is Cc1ccc(-c2c(/C=C(/C#N)n3cncn3)n(CCCO)c3ncnc(N)c23)cc1. The molecule has 4 aromatic rings. The van der Waals surface area contributed by atoms with Crippen LogP contribution in [0.3, 0.4) is 0 Å². The van der Waals surface area contributed by atoms with Crippen molar-refractivity contribution in [2.24, 2.45) is 0 Å². The zero-order chi connectivity index (χ0) is 21.1. The summed E-state index contributed by atoms with van der Waals surface area (Å²) in [5, 5.41) is 23.9. The molecule has 0 unspecified atom stereocenters. The second kappa shape index (κ2) is 8.14. The molecule has 0 saturated heterocycles. The highest BCUT2D eigenvalue weighted by Crippen LogP contribution is 2.38. The average molecular weight is 400 g/mol. The standard InChI is InChI=1S/C21H20N8O/c1-14-3-5-15(6-4-14)18-17(9-16(10-22)29-13-24-11-27-29)28(7-2-8-30)21-19(18)20(23)25-12-26-21/h3-6,9,11-13,30H,2,7-8H2,1H3,(H2,23,25,26)/b16-9-. The quantitative estimate of drug-likeness (QED) is 0.475. The minimum Gasteiger partial charge on any atom is -0.396 e. The largest absolute Gasteiger partial charge is 0.396 e. The van der Waals surface area contributed by atoms with E-state index in [0.29, 0.717) is 35.5 Å². The van der Waals surface area contributed by atoms with E-state index in [1.807, 2.05) is 35.8 Å². The number of fused-ring (bicyclic) bond motifs is 1. The van der Waals surface area contributed by atoms with Gasteiger partial charge in [-0.15, -0.1) is 0 Å². The van der Waals surface area contributed by atoms with E-state index in [9.17, 15) is 10.4 Å². The van der Waals surface area contributed by atoms with Crippen molar-refractivity contribution >= 4 is 28.6 Å². The van der Waals surface area contributed by atoms with E-state index in [4.69, 9.17) is 5.73 Å². The summed E-state index contributed by atoms with van der Waals surface area (Å²) in [6, 6.07) is 10.2. The van der Waals surface area contributed by atoms with Crippen LogP contribution >= 0.6 is 0 Å². The summed E-state index contributed by atoms with van der Waals surface area (Å²) in [5.41, 5.74) is 10.8. The van der Waals surface area contributed by atoms with Crippen LogP contribution in [0.4, 0.5) is 5.82 Å². The fourth-order valence-electron chi connectivity index (χ4n) is 3.44. The second-order valence-corrected chi connectivity index (χ2v) is 6.79. The molecule has 0 fully saturated rings. The normalized spacial score (nSPS) is 11.7. The number of aryl methyl sites for hydroxylation is 2. The van der Waals surface area contributed by atoms with Crippen LogP contribution in [0.15, 0.2) is 43.2 Å². The van der Waals surface area contributed by atoms with Gasteiger partial charge in [0.1, 0.15) is 42.2 Å². The fourth-order valence-corrected chi connectivity index (χ4v) is 3.44. The van der Waals surface area contributed by atoms with Crippen molar-refractivity contribution in [3.8, 4) is 17.2 Å². The number of aliphatic hydroxyl groups excluding tert-OH is 1. The maximum absolute atomic E-state index is 9.74. The number of anilines is 1. The van der Waals surface area contributed by atoms with Crippen molar-refractivity contribution in [2.75, 3.05) is 12.3 Å². The van der Waals surface area contributed by atoms with Crippen molar-refractivity contribution in [2.45, 2.75) is 19.9 Å². The maximum atomic E-state index is 9.74. The van der Waals surface area contributed by atoms with Crippen LogP contribution in [0.5, 0.6) is 0 Å². The number of nitrogens with zero attached hydrogens (tertiary/aromatic N) is 7. The first-order chi connectivity index (χ1) is 14.6. The average Bonchev–Trinajstić information content (AvgIpc) is 3.38. The summed E-state index contributed by atoms with van der Waals surface area (Å²) < 4.78 is 3.36. The molecule has 3 N–H and O–H groups in total. The molecule has 0 spiro atoms. The number of aromatic nitrogens is 6. The number of hydrogen-bond donors (Lipinski definition) is 2. The van der Waals surface area contributed by atoms with Gasteiger partial charge >= 0.3 is 0 Å². The molecule has 0 atom stereocenters. The number of aliphatic hydroxyl groups is 1. The Morgan fingerprint density at radius 2 is 2.03 bits per heavy atom. The predicted molar refractivity (Wildman–Crippen MR) is 114 cm³/mol. The van der Waals surface area contributed by atoms with Gasteiger partial charge in [-0.05, 0) is 25.0 Å². The topological polar surface area (TPSA) is 131 Å². The highest BCUT2D eigenvalue weighted by atomic mass is 16.3. The van der Waals surface area contributed by atoms with Crippen LogP contribution in [0, 0.1) is 18.3 Å². The number of rotatable bonds is 6. The molecule has 0 bridgehead atoms. The minimum atomic E-state index is 0.0252. The molecule has 9 nitrogen and oxygen atoms in total. The first kappa shape index (κ1) is 19.3. The third-order valence-corrected chi connectivity index (χ3v) is 4.84. The van der Waals surface area contributed by atoms with Gasteiger partial charge in [-0.1, -0.05) is 29.8 Å². The van der Waals surface area contributed by atoms with Crippen LogP contribution < -0.4 is 5.73 Å². The summed E-state index contributed by atoms with van der Waals surface area (Å²) in [4.78, 5) is 12.6. The van der Waals surface area contributed by atoms with Crippen LogP contribution in [-0.4, -0.2) is 41.0 Å². The summed E-state index contributed by atoms with van der Waals surface area (Å²) in [5.74, 6) is 0.354. The van der Waals surface area contributed by atoms with Gasteiger partial charge in [0.05, 0.1) is 11.1 Å². The number of nitriles is 1. The van der Waals surface area contributed by atoms with Crippen molar-refractivity contribution < 1.29 is 5.11 Å². The molecule has 150 valence electrons. The summed E-state index contributed by atoms with van der Waals surface area (Å²) in [7, 11) is 0. The van der Waals surface area contributed by atoms with E-state index < -0.39 is 0 Å². The smallest absolute Gasteiger partial charge is 0.146 e. The van der Waals surface area contributed by atoms with E-state index >= 15 is 0 Å². The fraction of sp³-hybridized carbons (Fsp3) is 0.190. The third-order valence-electron chi connectivity index (χ3n) is 4.84. The molecular formula is C21H20N8O. The molecule has 9 heteroatoms. The Morgan fingerprint density at radius 1 is 1.23 bits per heavy atom. The van der Waals surface area contributed by atoms with Gasteiger partial charge in [-0.25, -0.2) is 19.6 Å². The van der Waals surface area contributed by atoms with E-state index in [1.54, 1.807) is 6.08 Å². The van der Waals surface area contributed by atoms with Gasteiger partial charge in [0.25, 0.3) is 0 Å². The lowest BCUT2D eigenvalue weighted by Crippen LogP contribution is -2.05. The number of nitrogen functional groups attached to an aromatic ring is 1. The molecule has 1 aromatic carbocycles. The third kappa shape index (κ3) is 3.40.